The van der Waals surface area contributed by atoms with Crippen LogP contribution >= 0.6 is 0 Å². The Balaban J connectivity index is 1.11. The first-order valence-corrected chi connectivity index (χ1v) is 11.8. The number of nitrogens with one attached hydrogen (secondary N) is 2. The summed E-state index contributed by atoms with van der Waals surface area (Å²) in [5.41, 5.74) is 0.194. The van der Waals surface area contributed by atoms with Gasteiger partial charge in [-0.3, -0.25) is 9.69 Å². The first kappa shape index (κ1) is 19.7. The van der Waals surface area contributed by atoms with Gasteiger partial charge in [0, 0.05) is 37.3 Å². The van der Waals surface area contributed by atoms with Crippen molar-refractivity contribution in [2.24, 2.45) is 23.2 Å². The van der Waals surface area contributed by atoms with E-state index in [0.717, 1.165) is 43.8 Å². The van der Waals surface area contributed by atoms with E-state index in [2.05, 4.69) is 15.5 Å². The van der Waals surface area contributed by atoms with Crippen molar-refractivity contribution >= 4 is 11.9 Å². The highest BCUT2D eigenvalue weighted by Crippen LogP contribution is 2.59. The van der Waals surface area contributed by atoms with E-state index in [9.17, 15) is 9.59 Å². The first-order valence-electron chi connectivity index (χ1n) is 11.8. The van der Waals surface area contributed by atoms with Crippen molar-refractivity contribution in [3.05, 3.63) is 0 Å². The molecule has 0 aromatic rings. The van der Waals surface area contributed by atoms with E-state index in [1.807, 2.05) is 25.7 Å². The van der Waals surface area contributed by atoms with Crippen molar-refractivity contribution < 1.29 is 9.59 Å². The van der Waals surface area contributed by atoms with Crippen LogP contribution in [0.1, 0.15) is 65.7 Å². The van der Waals surface area contributed by atoms with Crippen molar-refractivity contribution in [2.75, 3.05) is 26.2 Å². The van der Waals surface area contributed by atoms with E-state index in [4.69, 9.17) is 0 Å². The molecule has 162 valence electrons. The summed E-state index contributed by atoms with van der Waals surface area (Å²) in [6.07, 6.45) is 9.35. The first-order chi connectivity index (χ1) is 13.7. The highest BCUT2D eigenvalue weighted by molar-refractivity contribution is 5.79. The van der Waals surface area contributed by atoms with E-state index in [-0.39, 0.29) is 23.5 Å². The zero-order chi connectivity index (χ0) is 20.4. The Morgan fingerprint density at radius 3 is 2.07 bits per heavy atom. The van der Waals surface area contributed by atoms with Crippen LogP contribution in [0.2, 0.25) is 0 Å². The van der Waals surface area contributed by atoms with Gasteiger partial charge in [-0.1, -0.05) is 0 Å². The summed E-state index contributed by atoms with van der Waals surface area (Å²) in [4.78, 5) is 29.5. The lowest BCUT2D eigenvalue weighted by Crippen LogP contribution is -2.56. The maximum atomic E-state index is 13.0. The molecule has 6 bridgehead atoms. The van der Waals surface area contributed by atoms with Gasteiger partial charge in [-0.15, -0.1) is 0 Å². The van der Waals surface area contributed by atoms with Crippen molar-refractivity contribution in [1.82, 2.24) is 20.4 Å². The Hall–Kier alpha value is -1.30. The fourth-order valence-electron chi connectivity index (χ4n) is 7.71. The van der Waals surface area contributed by atoms with Crippen molar-refractivity contribution in [2.45, 2.75) is 83.3 Å². The maximum Gasteiger partial charge on any atom is 0.317 e. The average Bonchev–Trinajstić information content (AvgIpc) is 3.17. The molecule has 2 heterocycles. The van der Waals surface area contributed by atoms with Gasteiger partial charge in [0.1, 0.15) is 0 Å². The lowest BCUT2D eigenvalue weighted by atomic mass is 9.49. The molecule has 0 radical (unpaired) electrons. The minimum atomic E-state index is -0.195. The van der Waals surface area contributed by atoms with E-state index < -0.39 is 0 Å². The number of hydrogen-bond acceptors (Lipinski definition) is 3. The number of likely N-dealkylation sites (tertiary alicyclic amines) is 2. The molecule has 0 aromatic carbocycles. The summed E-state index contributed by atoms with van der Waals surface area (Å²) in [7, 11) is 0. The number of amides is 3. The predicted octanol–water partition coefficient (Wildman–Crippen LogP) is 2.59. The Kier molecular flexibility index (Phi) is 4.65. The standard InChI is InChI=1S/C23H38N4O2/c1-22(2,3)25-20(28)13-26-11-19-7-18(26)12-27(19)21(29)24-14-23-8-15-4-16(9-23)6-17(5-15)10-23/h15-19H,4-14H2,1-3H3,(H,24,29)(H,25,28)/t15?,16?,17?,18-,19-,23?/m0/s1. The van der Waals surface area contributed by atoms with Gasteiger partial charge in [-0.2, -0.15) is 0 Å². The molecule has 4 aliphatic carbocycles. The SMILES string of the molecule is CC(C)(C)NC(=O)CN1C[C@@H]2C[C@H]1CN2C(=O)NCC12CC3CC(CC(C3)C1)C2. The molecule has 3 amide bonds. The minimum absolute atomic E-state index is 0.0860. The third-order valence-electron chi connectivity index (χ3n) is 8.26. The Labute approximate surface area is 175 Å². The topological polar surface area (TPSA) is 64.7 Å². The molecule has 29 heavy (non-hydrogen) atoms. The molecule has 2 aliphatic heterocycles. The molecule has 0 spiro atoms. The smallest absolute Gasteiger partial charge is 0.317 e. The predicted molar refractivity (Wildman–Crippen MR) is 112 cm³/mol. The summed E-state index contributed by atoms with van der Waals surface area (Å²) in [6, 6.07) is 0.724. The quantitative estimate of drug-likeness (QED) is 0.760. The molecule has 0 aromatic heterocycles. The van der Waals surface area contributed by atoms with E-state index in [0.29, 0.717) is 18.0 Å². The third-order valence-corrected chi connectivity index (χ3v) is 8.26. The summed E-state index contributed by atoms with van der Waals surface area (Å²) < 4.78 is 0. The number of urea groups is 1. The molecule has 2 N–H and O–H groups in total. The summed E-state index contributed by atoms with van der Waals surface area (Å²) >= 11 is 0. The molecule has 0 unspecified atom stereocenters. The van der Waals surface area contributed by atoms with Gasteiger partial charge in [0.25, 0.3) is 0 Å². The fourth-order valence-corrected chi connectivity index (χ4v) is 7.71. The van der Waals surface area contributed by atoms with E-state index in [1.54, 1.807) is 0 Å². The van der Waals surface area contributed by atoms with E-state index in [1.165, 1.54) is 38.5 Å². The van der Waals surface area contributed by atoms with Gasteiger partial charge < -0.3 is 15.5 Å². The number of piperazine rings is 1. The molecular weight excluding hydrogens is 364 g/mol. The van der Waals surface area contributed by atoms with Gasteiger partial charge >= 0.3 is 6.03 Å². The number of fused-ring (bicyclic) bond motifs is 2. The lowest BCUT2D eigenvalue weighted by molar-refractivity contribution is -0.124. The number of carbonyl (C=O) groups excluding carboxylic acids is 2. The monoisotopic (exact) mass is 402 g/mol. The van der Waals surface area contributed by atoms with Crippen LogP contribution in [0.25, 0.3) is 0 Å². The zero-order valence-corrected chi connectivity index (χ0v) is 18.4. The second-order valence-electron chi connectivity index (χ2n) is 12.0. The van der Waals surface area contributed by atoms with E-state index >= 15 is 0 Å². The summed E-state index contributed by atoms with van der Waals surface area (Å²) in [5.74, 6) is 2.86. The highest BCUT2D eigenvalue weighted by atomic mass is 16.2. The Morgan fingerprint density at radius 1 is 0.931 bits per heavy atom. The number of hydrogen-bond donors (Lipinski definition) is 2. The maximum absolute atomic E-state index is 13.0. The highest BCUT2D eigenvalue weighted by Gasteiger charge is 2.51. The molecule has 6 nitrogen and oxygen atoms in total. The Morgan fingerprint density at radius 2 is 1.55 bits per heavy atom. The molecule has 6 fully saturated rings. The summed E-state index contributed by atoms with van der Waals surface area (Å²) in [5, 5.41) is 6.39. The van der Waals surface area contributed by atoms with Gasteiger partial charge in [0.2, 0.25) is 5.91 Å². The van der Waals surface area contributed by atoms with Crippen LogP contribution in [0.4, 0.5) is 4.79 Å². The van der Waals surface area contributed by atoms with Crippen LogP contribution < -0.4 is 10.6 Å². The fraction of sp³-hybridized carbons (Fsp3) is 0.913. The molecule has 4 saturated carbocycles. The van der Waals surface area contributed by atoms with Gasteiger partial charge in [0.05, 0.1) is 6.54 Å². The number of carbonyl (C=O) groups is 2. The minimum Gasteiger partial charge on any atom is -0.350 e. The molecular formula is C23H38N4O2. The van der Waals surface area contributed by atoms with Crippen LogP contribution in [0.5, 0.6) is 0 Å². The van der Waals surface area contributed by atoms with Gasteiger partial charge in [0.15, 0.2) is 0 Å². The molecule has 6 aliphatic rings. The van der Waals surface area contributed by atoms with Crippen LogP contribution in [0.15, 0.2) is 0 Å². The van der Waals surface area contributed by atoms with Crippen LogP contribution in [-0.4, -0.2) is 65.5 Å². The van der Waals surface area contributed by atoms with Crippen LogP contribution in [-0.2, 0) is 4.79 Å². The molecule has 6 rings (SSSR count). The molecule has 2 atom stereocenters. The van der Waals surface area contributed by atoms with Crippen LogP contribution in [0, 0.1) is 23.2 Å². The summed E-state index contributed by atoms with van der Waals surface area (Å²) in [6.45, 7) is 8.94. The van der Waals surface area contributed by atoms with Crippen molar-refractivity contribution in [1.29, 1.82) is 0 Å². The average molecular weight is 403 g/mol. The largest absolute Gasteiger partial charge is 0.350 e. The third kappa shape index (κ3) is 3.89. The molecule has 6 heteroatoms. The van der Waals surface area contributed by atoms with Gasteiger partial charge in [-0.25, -0.2) is 4.79 Å². The Bertz CT molecular complexity index is 650. The second-order valence-corrected chi connectivity index (χ2v) is 12.0. The lowest BCUT2D eigenvalue weighted by Gasteiger charge is -2.57. The van der Waals surface area contributed by atoms with Gasteiger partial charge in [-0.05, 0) is 88.9 Å². The second kappa shape index (κ2) is 6.86. The normalized spacial score (nSPS) is 40.5. The number of rotatable bonds is 4. The number of nitrogens with zero attached hydrogens (tertiary/aromatic N) is 2. The van der Waals surface area contributed by atoms with Crippen molar-refractivity contribution in [3.63, 3.8) is 0 Å². The van der Waals surface area contributed by atoms with Crippen molar-refractivity contribution in [3.8, 4) is 0 Å². The molecule has 2 saturated heterocycles. The van der Waals surface area contributed by atoms with Crippen LogP contribution in [0.3, 0.4) is 0 Å². The zero-order valence-electron chi connectivity index (χ0n) is 18.4.